The van der Waals surface area contributed by atoms with Crippen molar-refractivity contribution in [3.63, 3.8) is 0 Å². The highest BCUT2D eigenvalue weighted by Crippen LogP contribution is 2.38. The van der Waals surface area contributed by atoms with Crippen LogP contribution >= 0.6 is 0 Å². The number of nitrogens with one attached hydrogen (secondary N) is 1. The summed E-state index contributed by atoms with van der Waals surface area (Å²) >= 11 is 0. The second-order valence-electron chi connectivity index (χ2n) is 7.66. The number of hydrogen-bond acceptors (Lipinski definition) is 5. The van der Waals surface area contributed by atoms with E-state index >= 15 is 0 Å². The molecule has 1 aliphatic rings. The standard InChI is InChI=1S/C27H22F3N5/c1-19(34-21-8-4-3-5-9-21)23-16-20(11-12-24(23)27(28,29)30)22-10-6-15-35(2)25(22)17-31-18-26-32-13-7-14-33-26/h3-18,34H,1H2,2H3/b25-17-,31-18?. The second-order valence-corrected chi connectivity index (χ2v) is 7.66. The summed E-state index contributed by atoms with van der Waals surface area (Å²) in [5.74, 6) is 0.448. The molecule has 8 heteroatoms. The Labute approximate surface area is 201 Å². The largest absolute Gasteiger partial charge is 0.417 e. The van der Waals surface area contributed by atoms with E-state index in [4.69, 9.17) is 0 Å². The van der Waals surface area contributed by atoms with Gasteiger partial charge in [-0.25, -0.2) is 9.97 Å². The van der Waals surface area contributed by atoms with Crippen LogP contribution in [-0.2, 0) is 6.18 Å². The summed E-state index contributed by atoms with van der Waals surface area (Å²) in [6, 6.07) is 14.7. The number of benzene rings is 2. The maximum atomic E-state index is 13.8. The highest BCUT2D eigenvalue weighted by Gasteiger charge is 2.34. The molecule has 5 nitrogen and oxygen atoms in total. The maximum absolute atomic E-state index is 13.8. The molecule has 4 rings (SSSR count). The van der Waals surface area contributed by atoms with Crippen LogP contribution in [0.25, 0.3) is 11.3 Å². The molecule has 0 aliphatic carbocycles. The second kappa shape index (κ2) is 10.2. The Kier molecular flexibility index (Phi) is 6.91. The zero-order chi connectivity index (χ0) is 24.8. The van der Waals surface area contributed by atoms with Crippen LogP contribution in [0.5, 0.6) is 0 Å². The van der Waals surface area contributed by atoms with E-state index in [2.05, 4.69) is 26.9 Å². The lowest BCUT2D eigenvalue weighted by Crippen LogP contribution is -2.15. The minimum Gasteiger partial charge on any atom is -0.356 e. The van der Waals surface area contributed by atoms with Gasteiger partial charge in [-0.1, -0.05) is 36.9 Å². The first-order valence-corrected chi connectivity index (χ1v) is 10.7. The molecule has 0 saturated carbocycles. The molecule has 0 atom stereocenters. The normalized spacial score (nSPS) is 14.9. The lowest BCUT2D eigenvalue weighted by atomic mass is 9.94. The van der Waals surface area contributed by atoms with Crippen molar-refractivity contribution in [1.82, 2.24) is 14.9 Å². The summed E-state index contributed by atoms with van der Waals surface area (Å²) in [6.07, 6.45) is 7.33. The Balaban J connectivity index is 1.72. The van der Waals surface area contributed by atoms with Crippen LogP contribution in [0.1, 0.15) is 22.5 Å². The van der Waals surface area contributed by atoms with Crippen LogP contribution in [0.4, 0.5) is 18.9 Å². The van der Waals surface area contributed by atoms with Crippen LogP contribution in [0, 0.1) is 0 Å². The Bertz CT molecular complexity index is 1320. The Morgan fingerprint density at radius 1 is 1.06 bits per heavy atom. The highest BCUT2D eigenvalue weighted by atomic mass is 19.4. The molecule has 0 bridgehead atoms. The minimum atomic E-state index is -4.54. The first kappa shape index (κ1) is 23.7. The molecule has 3 aromatic rings. The summed E-state index contributed by atoms with van der Waals surface area (Å²) in [5.41, 5.74) is 2.01. The SMILES string of the molecule is C=C(Nc1ccccc1)c1cc(C2=CC=CN(C)/C2=C\N=Cc2ncccn2)ccc1C(F)(F)F. The Morgan fingerprint density at radius 2 is 1.80 bits per heavy atom. The van der Waals surface area contributed by atoms with Crippen molar-refractivity contribution in [2.45, 2.75) is 6.18 Å². The van der Waals surface area contributed by atoms with Gasteiger partial charge in [0, 0.05) is 48.2 Å². The molecule has 1 N–H and O–H groups in total. The van der Waals surface area contributed by atoms with Gasteiger partial charge < -0.3 is 10.2 Å². The van der Waals surface area contributed by atoms with Crippen LogP contribution in [0.15, 0.2) is 109 Å². The Hall–Kier alpha value is -4.46. The van der Waals surface area contributed by atoms with Crippen molar-refractivity contribution in [3.8, 4) is 0 Å². The van der Waals surface area contributed by atoms with Gasteiger partial charge in [-0.3, -0.25) is 4.99 Å². The van der Waals surface area contributed by atoms with Gasteiger partial charge in [-0.15, -0.1) is 0 Å². The number of nitrogens with zero attached hydrogens (tertiary/aromatic N) is 4. The maximum Gasteiger partial charge on any atom is 0.417 e. The van der Waals surface area contributed by atoms with Gasteiger partial charge in [0.25, 0.3) is 0 Å². The summed E-state index contributed by atoms with van der Waals surface area (Å²) in [7, 11) is 1.84. The van der Waals surface area contributed by atoms with Crippen LogP contribution in [0.3, 0.4) is 0 Å². The predicted octanol–water partition coefficient (Wildman–Crippen LogP) is 6.38. The highest BCUT2D eigenvalue weighted by molar-refractivity contribution is 5.85. The average molecular weight is 474 g/mol. The van der Waals surface area contributed by atoms with Crippen molar-refractivity contribution in [1.29, 1.82) is 0 Å². The molecule has 0 amide bonds. The number of halogens is 3. The summed E-state index contributed by atoms with van der Waals surface area (Å²) in [6.45, 7) is 3.89. The molecule has 0 unspecified atom stereocenters. The van der Waals surface area contributed by atoms with Crippen molar-refractivity contribution >= 4 is 23.2 Å². The Morgan fingerprint density at radius 3 is 2.51 bits per heavy atom. The molecule has 2 heterocycles. The molecule has 0 spiro atoms. The van der Waals surface area contributed by atoms with E-state index in [0.29, 0.717) is 28.3 Å². The summed E-state index contributed by atoms with van der Waals surface area (Å²) < 4.78 is 41.5. The van der Waals surface area contributed by atoms with Crippen molar-refractivity contribution in [3.05, 3.63) is 126 Å². The molecule has 35 heavy (non-hydrogen) atoms. The van der Waals surface area contributed by atoms with Gasteiger partial charge in [0.1, 0.15) is 0 Å². The molecule has 1 aliphatic heterocycles. The van der Waals surface area contributed by atoms with Gasteiger partial charge in [0.2, 0.25) is 0 Å². The number of likely N-dealkylation sites (N-methyl/N-ethyl adjacent to an activating group) is 1. The van der Waals surface area contributed by atoms with E-state index < -0.39 is 11.7 Å². The summed E-state index contributed by atoms with van der Waals surface area (Å²) in [4.78, 5) is 14.4. The van der Waals surface area contributed by atoms with E-state index in [1.807, 2.05) is 36.4 Å². The predicted molar refractivity (Wildman–Crippen MR) is 133 cm³/mol. The van der Waals surface area contributed by atoms with E-state index in [9.17, 15) is 13.2 Å². The number of rotatable bonds is 6. The zero-order valence-electron chi connectivity index (χ0n) is 18.9. The number of allylic oxidation sites excluding steroid dienone is 3. The zero-order valence-corrected chi connectivity index (χ0v) is 18.9. The van der Waals surface area contributed by atoms with Crippen LogP contribution in [0.2, 0.25) is 0 Å². The van der Waals surface area contributed by atoms with E-state index in [1.165, 1.54) is 18.3 Å². The van der Waals surface area contributed by atoms with Crippen molar-refractivity contribution in [2.75, 3.05) is 12.4 Å². The quantitative estimate of drug-likeness (QED) is 0.422. The van der Waals surface area contributed by atoms with E-state index in [0.717, 1.165) is 6.07 Å². The summed E-state index contributed by atoms with van der Waals surface area (Å²) in [5, 5.41) is 2.98. The number of hydrogen-bond donors (Lipinski definition) is 1. The lowest BCUT2D eigenvalue weighted by molar-refractivity contribution is -0.137. The molecule has 0 fully saturated rings. The fourth-order valence-electron chi connectivity index (χ4n) is 3.55. The van der Waals surface area contributed by atoms with Gasteiger partial charge in [-0.05, 0) is 42.0 Å². The molecular formula is C27H22F3N5. The van der Waals surface area contributed by atoms with Crippen LogP contribution in [-0.4, -0.2) is 28.1 Å². The molecule has 0 saturated heterocycles. The van der Waals surface area contributed by atoms with Crippen molar-refractivity contribution in [2.24, 2.45) is 4.99 Å². The molecule has 176 valence electrons. The van der Waals surface area contributed by atoms with Gasteiger partial charge in [0.05, 0.1) is 23.7 Å². The molecule has 2 aromatic carbocycles. The molecule has 0 radical (unpaired) electrons. The smallest absolute Gasteiger partial charge is 0.356 e. The first-order valence-electron chi connectivity index (χ1n) is 10.7. The topological polar surface area (TPSA) is 53.4 Å². The average Bonchev–Trinajstić information content (AvgIpc) is 2.85. The third-order valence-corrected chi connectivity index (χ3v) is 5.23. The lowest BCUT2D eigenvalue weighted by Gasteiger charge is -2.25. The van der Waals surface area contributed by atoms with E-state index in [1.54, 1.807) is 48.9 Å². The number of aromatic nitrogens is 2. The number of alkyl halides is 3. The van der Waals surface area contributed by atoms with Gasteiger partial charge in [-0.2, -0.15) is 13.2 Å². The monoisotopic (exact) mass is 473 g/mol. The fourth-order valence-corrected chi connectivity index (χ4v) is 3.55. The molecular weight excluding hydrogens is 451 g/mol. The van der Waals surface area contributed by atoms with Gasteiger partial charge in [0.15, 0.2) is 5.82 Å². The van der Waals surface area contributed by atoms with E-state index in [-0.39, 0.29) is 11.3 Å². The third kappa shape index (κ3) is 5.73. The fraction of sp³-hybridized carbons (Fsp3) is 0.0741. The minimum absolute atomic E-state index is 0.0301. The number of para-hydroxylation sites is 1. The number of anilines is 1. The van der Waals surface area contributed by atoms with Gasteiger partial charge >= 0.3 is 6.18 Å². The molecule has 1 aromatic heterocycles. The first-order chi connectivity index (χ1) is 16.8. The van der Waals surface area contributed by atoms with Crippen molar-refractivity contribution < 1.29 is 13.2 Å². The van der Waals surface area contributed by atoms with Crippen LogP contribution < -0.4 is 5.32 Å². The third-order valence-electron chi connectivity index (χ3n) is 5.23. The number of aliphatic imine (C=N–C) groups is 1.